The van der Waals surface area contributed by atoms with Gasteiger partial charge in [0.25, 0.3) is 0 Å². The molecule has 2 aromatic rings. The highest BCUT2D eigenvalue weighted by Crippen LogP contribution is 2.40. The van der Waals surface area contributed by atoms with Gasteiger partial charge in [0.15, 0.2) is 0 Å². The Morgan fingerprint density at radius 1 is 1.43 bits per heavy atom. The van der Waals surface area contributed by atoms with Gasteiger partial charge in [-0.05, 0) is 44.4 Å². The monoisotopic (exact) mass is 282 g/mol. The number of likely N-dealkylation sites (N-methyl/N-ethyl adjacent to an activating group) is 1. The van der Waals surface area contributed by atoms with Crippen molar-refractivity contribution in [2.24, 2.45) is 5.92 Å². The van der Waals surface area contributed by atoms with Crippen LogP contribution in [0.2, 0.25) is 0 Å². The first-order chi connectivity index (χ1) is 10.2. The van der Waals surface area contributed by atoms with Crippen molar-refractivity contribution in [2.75, 3.05) is 7.05 Å². The summed E-state index contributed by atoms with van der Waals surface area (Å²) in [5.41, 5.74) is 1.70. The molecular weight excluding hydrogens is 260 g/mol. The summed E-state index contributed by atoms with van der Waals surface area (Å²) in [4.78, 5) is 4.76. The number of hydrogen-bond donors (Lipinski definition) is 1. The van der Waals surface area contributed by atoms with E-state index in [0.717, 1.165) is 42.5 Å². The fourth-order valence-electron chi connectivity index (χ4n) is 3.14. The average molecular weight is 282 g/mol. The predicted molar refractivity (Wildman–Crippen MR) is 83.9 cm³/mol. The van der Waals surface area contributed by atoms with Crippen LogP contribution in [0.4, 0.5) is 0 Å². The van der Waals surface area contributed by atoms with E-state index in [1.807, 2.05) is 19.2 Å². The minimum atomic E-state index is -0.466. The number of imidazole rings is 1. The highest BCUT2D eigenvalue weighted by molar-refractivity contribution is 5.76. The van der Waals surface area contributed by atoms with E-state index in [9.17, 15) is 5.26 Å². The molecule has 4 nitrogen and oxygen atoms in total. The lowest BCUT2D eigenvalue weighted by Crippen LogP contribution is -2.47. The van der Waals surface area contributed by atoms with Gasteiger partial charge in [-0.25, -0.2) is 4.98 Å². The number of aromatic nitrogens is 2. The van der Waals surface area contributed by atoms with Gasteiger partial charge in [0, 0.05) is 6.42 Å². The average Bonchev–Trinajstić information content (AvgIpc) is 3.30. The van der Waals surface area contributed by atoms with E-state index in [0.29, 0.717) is 12.5 Å². The van der Waals surface area contributed by atoms with Crippen LogP contribution in [0.25, 0.3) is 11.0 Å². The Bertz CT molecular complexity index is 678. The standard InChI is InChI=1S/C17H22N4/c1-3-6-16-20-14-7-4-5-8-15(14)21(16)12-17(11-18,19-2)13-9-10-13/h4-5,7-8,13,19H,3,6,9-10,12H2,1-2H3. The first kappa shape index (κ1) is 14.1. The van der Waals surface area contributed by atoms with Gasteiger partial charge in [-0.2, -0.15) is 5.26 Å². The van der Waals surface area contributed by atoms with Crippen molar-refractivity contribution >= 4 is 11.0 Å². The first-order valence-electron chi connectivity index (χ1n) is 7.78. The predicted octanol–water partition coefficient (Wildman–Crippen LogP) is 2.88. The van der Waals surface area contributed by atoms with Gasteiger partial charge >= 0.3 is 0 Å². The topological polar surface area (TPSA) is 53.6 Å². The molecule has 1 unspecified atom stereocenters. The third-order valence-corrected chi connectivity index (χ3v) is 4.53. The smallest absolute Gasteiger partial charge is 0.127 e. The van der Waals surface area contributed by atoms with Crippen molar-refractivity contribution < 1.29 is 0 Å². The summed E-state index contributed by atoms with van der Waals surface area (Å²) < 4.78 is 2.25. The van der Waals surface area contributed by atoms with Crippen molar-refractivity contribution in [3.05, 3.63) is 30.1 Å². The molecule has 1 aromatic heterocycles. The number of nitriles is 1. The van der Waals surface area contributed by atoms with Gasteiger partial charge in [-0.1, -0.05) is 19.1 Å². The van der Waals surface area contributed by atoms with E-state index in [-0.39, 0.29) is 0 Å². The molecule has 0 bridgehead atoms. The fourth-order valence-corrected chi connectivity index (χ4v) is 3.14. The summed E-state index contributed by atoms with van der Waals surface area (Å²) in [5.74, 6) is 1.55. The molecule has 0 saturated heterocycles. The van der Waals surface area contributed by atoms with Gasteiger partial charge < -0.3 is 9.88 Å². The lowest BCUT2D eigenvalue weighted by molar-refractivity contribution is 0.340. The number of para-hydroxylation sites is 2. The van der Waals surface area contributed by atoms with Gasteiger partial charge in [-0.15, -0.1) is 0 Å². The van der Waals surface area contributed by atoms with Crippen LogP contribution in [0.5, 0.6) is 0 Å². The lowest BCUT2D eigenvalue weighted by Gasteiger charge is -2.27. The van der Waals surface area contributed by atoms with Crippen LogP contribution in [0.15, 0.2) is 24.3 Å². The summed E-state index contributed by atoms with van der Waals surface area (Å²) in [6, 6.07) is 10.8. The van der Waals surface area contributed by atoms with Crippen LogP contribution < -0.4 is 5.32 Å². The van der Waals surface area contributed by atoms with Gasteiger partial charge in [-0.3, -0.25) is 0 Å². The molecule has 0 radical (unpaired) electrons. The summed E-state index contributed by atoms with van der Waals surface area (Å²) >= 11 is 0. The molecule has 0 spiro atoms. The molecule has 1 atom stereocenters. The molecular formula is C17H22N4. The van der Waals surface area contributed by atoms with E-state index in [1.165, 1.54) is 0 Å². The van der Waals surface area contributed by atoms with Crippen LogP contribution in [0, 0.1) is 17.2 Å². The number of rotatable bonds is 6. The second-order valence-electron chi connectivity index (χ2n) is 5.96. The molecule has 1 N–H and O–H groups in total. The number of aryl methyl sites for hydroxylation is 1. The molecule has 4 heteroatoms. The van der Waals surface area contributed by atoms with E-state index < -0.39 is 5.54 Å². The summed E-state index contributed by atoms with van der Waals surface area (Å²) in [7, 11) is 1.90. The highest BCUT2D eigenvalue weighted by atomic mass is 15.1. The Balaban J connectivity index is 2.06. The third kappa shape index (κ3) is 2.43. The number of hydrogen-bond acceptors (Lipinski definition) is 3. The van der Waals surface area contributed by atoms with Crippen molar-refractivity contribution in [2.45, 2.75) is 44.7 Å². The zero-order valence-electron chi connectivity index (χ0n) is 12.8. The molecule has 3 rings (SSSR count). The number of nitrogens with one attached hydrogen (secondary N) is 1. The third-order valence-electron chi connectivity index (χ3n) is 4.53. The Morgan fingerprint density at radius 3 is 2.81 bits per heavy atom. The van der Waals surface area contributed by atoms with Gasteiger partial charge in [0.05, 0.1) is 23.6 Å². The maximum absolute atomic E-state index is 9.73. The lowest BCUT2D eigenvalue weighted by atomic mass is 9.95. The maximum atomic E-state index is 9.73. The van der Waals surface area contributed by atoms with E-state index in [2.05, 4.69) is 35.0 Å². The number of benzene rings is 1. The van der Waals surface area contributed by atoms with E-state index >= 15 is 0 Å². The van der Waals surface area contributed by atoms with Crippen LogP contribution in [-0.2, 0) is 13.0 Å². The Morgan fingerprint density at radius 2 is 2.19 bits per heavy atom. The molecule has 110 valence electrons. The van der Waals surface area contributed by atoms with E-state index in [1.54, 1.807) is 0 Å². The van der Waals surface area contributed by atoms with Crippen molar-refractivity contribution in [3.63, 3.8) is 0 Å². The van der Waals surface area contributed by atoms with Gasteiger partial charge in [0.2, 0.25) is 0 Å². The Kier molecular flexibility index (Phi) is 3.69. The minimum Gasteiger partial charge on any atom is -0.325 e. The molecule has 1 fully saturated rings. The second-order valence-corrected chi connectivity index (χ2v) is 5.96. The van der Waals surface area contributed by atoms with Crippen molar-refractivity contribution in [1.82, 2.24) is 14.9 Å². The SMILES string of the molecule is CCCc1nc2ccccc2n1CC(C#N)(NC)C1CC1. The molecule has 1 heterocycles. The Labute approximate surface area is 125 Å². The highest BCUT2D eigenvalue weighted by Gasteiger charge is 2.45. The number of nitrogens with zero attached hydrogens (tertiary/aromatic N) is 3. The number of fused-ring (bicyclic) bond motifs is 1. The molecule has 0 aliphatic heterocycles. The molecule has 21 heavy (non-hydrogen) atoms. The second kappa shape index (κ2) is 5.50. The van der Waals surface area contributed by atoms with Crippen LogP contribution in [-0.4, -0.2) is 22.1 Å². The summed E-state index contributed by atoms with van der Waals surface area (Å²) in [6.45, 7) is 2.85. The molecule has 1 saturated carbocycles. The Hall–Kier alpha value is -1.86. The van der Waals surface area contributed by atoms with Crippen LogP contribution in [0.3, 0.4) is 0 Å². The molecule has 1 aliphatic rings. The quantitative estimate of drug-likeness (QED) is 0.886. The van der Waals surface area contributed by atoms with Crippen LogP contribution >= 0.6 is 0 Å². The normalized spacial score (nSPS) is 17.6. The van der Waals surface area contributed by atoms with Gasteiger partial charge in [0.1, 0.15) is 11.4 Å². The summed E-state index contributed by atoms with van der Waals surface area (Å²) in [5, 5.41) is 13.0. The zero-order valence-corrected chi connectivity index (χ0v) is 12.8. The van der Waals surface area contributed by atoms with Crippen molar-refractivity contribution in [3.8, 4) is 6.07 Å². The summed E-state index contributed by atoms with van der Waals surface area (Å²) in [6.07, 6.45) is 4.30. The molecule has 1 aliphatic carbocycles. The zero-order chi connectivity index (χ0) is 14.9. The van der Waals surface area contributed by atoms with Crippen LogP contribution in [0.1, 0.15) is 32.0 Å². The van der Waals surface area contributed by atoms with Crippen molar-refractivity contribution in [1.29, 1.82) is 5.26 Å². The largest absolute Gasteiger partial charge is 0.325 e. The molecule has 0 amide bonds. The fraction of sp³-hybridized carbons (Fsp3) is 0.529. The first-order valence-corrected chi connectivity index (χ1v) is 7.78. The van der Waals surface area contributed by atoms with E-state index in [4.69, 9.17) is 4.98 Å². The molecule has 1 aromatic carbocycles. The maximum Gasteiger partial charge on any atom is 0.127 e. The minimum absolute atomic E-state index is 0.461.